The Bertz CT molecular complexity index is 2340. The van der Waals surface area contributed by atoms with E-state index in [-0.39, 0.29) is 13.2 Å². The lowest BCUT2D eigenvalue weighted by atomic mass is 9.92. The number of rotatable bonds is 13. The second-order valence-electron chi connectivity index (χ2n) is 13.3. The maximum absolute atomic E-state index is 14.9. The molecule has 0 bridgehead atoms. The Hall–Kier alpha value is -5.66. The molecule has 0 aromatic heterocycles. The summed E-state index contributed by atoms with van der Waals surface area (Å²) in [6, 6.07) is 63.6. The Morgan fingerprint density at radius 3 is 0.963 bits per heavy atom. The molecule has 4 nitrogen and oxygen atoms in total. The van der Waals surface area contributed by atoms with Crippen LogP contribution in [0.25, 0.3) is 32.7 Å². The van der Waals surface area contributed by atoms with Crippen LogP contribution < -0.4 is 30.7 Å². The van der Waals surface area contributed by atoms with Crippen molar-refractivity contribution >= 4 is 57.0 Å². The van der Waals surface area contributed by atoms with Gasteiger partial charge >= 0.3 is 0 Å². The lowest BCUT2D eigenvalue weighted by Crippen LogP contribution is -2.21. The standard InChI is InChI=1S/C48H40O4P2/c49-53(39-19-5-1-6-20-39,40-21-7-2-8-22-40)35-33-51-45-31-29-37-17-13-15-27-43(37)47(45)48-44-28-16-14-18-38(44)30-32-46(48)52-34-36-54(50,41-23-9-3-10-24-41)42-25-11-4-12-26-42/h1-32H,33-36H2. The lowest BCUT2D eigenvalue weighted by molar-refractivity contribution is 0.338. The van der Waals surface area contributed by atoms with Crippen molar-refractivity contribution in [2.45, 2.75) is 0 Å². The minimum atomic E-state index is -3.00. The Labute approximate surface area is 316 Å². The Morgan fingerprint density at radius 1 is 0.333 bits per heavy atom. The maximum atomic E-state index is 14.9. The van der Waals surface area contributed by atoms with Crippen LogP contribution in [-0.4, -0.2) is 25.5 Å². The zero-order valence-corrected chi connectivity index (χ0v) is 31.6. The Balaban J connectivity index is 1.18. The van der Waals surface area contributed by atoms with Crippen LogP contribution in [0.3, 0.4) is 0 Å². The van der Waals surface area contributed by atoms with E-state index in [0.29, 0.717) is 23.8 Å². The summed E-state index contributed by atoms with van der Waals surface area (Å²) in [7, 11) is -6.01. The van der Waals surface area contributed by atoms with Gasteiger partial charge in [-0.2, -0.15) is 0 Å². The first kappa shape index (κ1) is 35.4. The van der Waals surface area contributed by atoms with Crippen molar-refractivity contribution in [3.05, 3.63) is 194 Å². The van der Waals surface area contributed by atoms with E-state index >= 15 is 0 Å². The van der Waals surface area contributed by atoms with Crippen LogP contribution in [0.2, 0.25) is 0 Å². The molecule has 266 valence electrons. The summed E-state index contributed by atoms with van der Waals surface area (Å²) in [5.74, 6) is 1.36. The van der Waals surface area contributed by atoms with Crippen LogP contribution in [0.15, 0.2) is 194 Å². The lowest BCUT2D eigenvalue weighted by Gasteiger charge is -2.23. The van der Waals surface area contributed by atoms with E-state index in [2.05, 4.69) is 36.4 Å². The van der Waals surface area contributed by atoms with Crippen molar-refractivity contribution in [2.75, 3.05) is 25.5 Å². The fourth-order valence-corrected chi connectivity index (χ4v) is 12.3. The molecule has 8 rings (SSSR count). The molecule has 0 aliphatic carbocycles. The first-order valence-electron chi connectivity index (χ1n) is 18.2. The van der Waals surface area contributed by atoms with Gasteiger partial charge in [0.25, 0.3) is 0 Å². The first-order valence-corrected chi connectivity index (χ1v) is 22.0. The Morgan fingerprint density at radius 2 is 0.630 bits per heavy atom. The molecule has 0 amide bonds. The van der Waals surface area contributed by atoms with E-state index in [1.54, 1.807) is 0 Å². The van der Waals surface area contributed by atoms with Crippen LogP contribution in [0.4, 0.5) is 0 Å². The van der Waals surface area contributed by atoms with E-state index in [1.807, 2.05) is 158 Å². The molecule has 0 radical (unpaired) electrons. The average Bonchev–Trinajstić information content (AvgIpc) is 3.24. The van der Waals surface area contributed by atoms with Gasteiger partial charge in [0.05, 0.1) is 13.2 Å². The van der Waals surface area contributed by atoms with Crippen LogP contribution in [0.5, 0.6) is 11.5 Å². The molecule has 0 aliphatic rings. The van der Waals surface area contributed by atoms with Crippen LogP contribution in [0, 0.1) is 0 Å². The highest BCUT2D eigenvalue weighted by Crippen LogP contribution is 2.48. The molecule has 54 heavy (non-hydrogen) atoms. The monoisotopic (exact) mass is 742 g/mol. The summed E-state index contributed by atoms with van der Waals surface area (Å²) in [6.45, 7) is 0.482. The molecule has 0 fully saturated rings. The van der Waals surface area contributed by atoms with Crippen molar-refractivity contribution < 1.29 is 18.6 Å². The molecule has 0 N–H and O–H groups in total. The molecular formula is C48H40O4P2. The molecule has 0 unspecified atom stereocenters. The third-order valence-electron chi connectivity index (χ3n) is 10.1. The fraction of sp³-hybridized carbons (Fsp3) is 0.0833. The molecule has 0 saturated heterocycles. The summed E-state index contributed by atoms with van der Waals surface area (Å²) in [5.41, 5.74) is 1.81. The molecule has 0 aliphatic heterocycles. The minimum absolute atomic E-state index is 0.241. The third kappa shape index (κ3) is 7.04. The first-order chi connectivity index (χ1) is 26.5. The molecule has 0 saturated carbocycles. The summed E-state index contributed by atoms with van der Waals surface area (Å²) >= 11 is 0. The van der Waals surface area contributed by atoms with Crippen LogP contribution in [-0.2, 0) is 9.13 Å². The smallest absolute Gasteiger partial charge is 0.146 e. The van der Waals surface area contributed by atoms with Crippen molar-refractivity contribution in [2.24, 2.45) is 0 Å². The summed E-state index contributed by atoms with van der Waals surface area (Å²) < 4.78 is 43.3. The second kappa shape index (κ2) is 15.7. The zero-order valence-electron chi connectivity index (χ0n) is 29.8. The quantitative estimate of drug-likeness (QED) is 0.110. The predicted octanol–water partition coefficient (Wildman–Crippen LogP) is 10.4. The number of fused-ring (bicyclic) bond motifs is 2. The molecule has 8 aromatic carbocycles. The van der Waals surface area contributed by atoms with Gasteiger partial charge in [0, 0.05) is 44.7 Å². The van der Waals surface area contributed by atoms with Gasteiger partial charge in [0.2, 0.25) is 0 Å². The highest BCUT2D eigenvalue weighted by Gasteiger charge is 2.29. The largest absolute Gasteiger partial charge is 0.492 e. The van der Waals surface area contributed by atoms with Gasteiger partial charge in [-0.1, -0.05) is 182 Å². The molecule has 6 heteroatoms. The molecular weight excluding hydrogens is 702 g/mol. The van der Waals surface area contributed by atoms with E-state index in [0.717, 1.165) is 53.9 Å². The molecule has 0 spiro atoms. The summed E-state index contributed by atoms with van der Waals surface area (Å²) in [4.78, 5) is 0. The van der Waals surface area contributed by atoms with Crippen molar-refractivity contribution in [1.82, 2.24) is 0 Å². The van der Waals surface area contributed by atoms with Gasteiger partial charge in [0.1, 0.15) is 25.8 Å². The third-order valence-corrected chi connectivity index (χ3v) is 16.2. The maximum Gasteiger partial charge on any atom is 0.146 e. The number of benzene rings is 8. The second-order valence-corrected chi connectivity index (χ2v) is 19.2. The summed E-state index contributed by atoms with van der Waals surface area (Å²) in [6.07, 6.45) is 0.668. The van der Waals surface area contributed by atoms with Crippen molar-refractivity contribution in [3.63, 3.8) is 0 Å². The number of ether oxygens (including phenoxy) is 2. The van der Waals surface area contributed by atoms with Gasteiger partial charge in [-0.15, -0.1) is 0 Å². The van der Waals surface area contributed by atoms with Crippen molar-refractivity contribution in [3.8, 4) is 22.6 Å². The van der Waals surface area contributed by atoms with Crippen molar-refractivity contribution in [1.29, 1.82) is 0 Å². The van der Waals surface area contributed by atoms with E-state index in [1.165, 1.54) is 0 Å². The SMILES string of the molecule is O=P(CCOc1ccc2ccccc2c1-c1c(OCCP(=O)(c2ccccc2)c2ccccc2)ccc2ccccc12)(c1ccccc1)c1ccccc1. The highest BCUT2D eigenvalue weighted by atomic mass is 31.2. The van der Waals surface area contributed by atoms with Gasteiger partial charge in [-0.25, -0.2) is 0 Å². The highest BCUT2D eigenvalue weighted by molar-refractivity contribution is 7.79. The van der Waals surface area contributed by atoms with Gasteiger partial charge in [0.15, 0.2) is 0 Å². The fourth-order valence-electron chi connectivity index (χ4n) is 7.32. The normalized spacial score (nSPS) is 11.8. The Kier molecular flexibility index (Phi) is 10.3. The van der Waals surface area contributed by atoms with E-state index in [4.69, 9.17) is 9.47 Å². The van der Waals surface area contributed by atoms with Crippen LogP contribution >= 0.6 is 14.3 Å². The number of hydrogen-bond donors (Lipinski definition) is 0. The topological polar surface area (TPSA) is 52.6 Å². The van der Waals surface area contributed by atoms with E-state index < -0.39 is 14.3 Å². The predicted molar refractivity (Wildman–Crippen MR) is 227 cm³/mol. The van der Waals surface area contributed by atoms with Crippen LogP contribution in [0.1, 0.15) is 0 Å². The van der Waals surface area contributed by atoms with Gasteiger partial charge in [-0.05, 0) is 33.7 Å². The van der Waals surface area contributed by atoms with Gasteiger partial charge < -0.3 is 18.6 Å². The van der Waals surface area contributed by atoms with E-state index in [9.17, 15) is 9.13 Å². The average molecular weight is 743 g/mol. The summed E-state index contributed by atoms with van der Waals surface area (Å²) in [5, 5.41) is 7.41. The van der Waals surface area contributed by atoms with Gasteiger partial charge in [-0.3, -0.25) is 0 Å². The molecule has 0 heterocycles. The molecule has 0 atom stereocenters. The number of hydrogen-bond acceptors (Lipinski definition) is 4. The zero-order chi connectivity index (χ0) is 36.8. The minimum Gasteiger partial charge on any atom is -0.492 e. The molecule has 8 aromatic rings.